The van der Waals surface area contributed by atoms with Crippen molar-refractivity contribution < 1.29 is 0 Å². The highest BCUT2D eigenvalue weighted by molar-refractivity contribution is 5.00. The second-order valence-electron chi connectivity index (χ2n) is 4.62. The molecule has 0 bridgehead atoms. The molecule has 0 aromatic heterocycles. The van der Waals surface area contributed by atoms with E-state index in [2.05, 4.69) is 0 Å². The van der Waals surface area contributed by atoms with E-state index in [4.69, 9.17) is 0 Å². The molecule has 0 heteroatoms. The quantitative estimate of drug-likeness (QED) is 0.316. The summed E-state index contributed by atoms with van der Waals surface area (Å²) in [6.45, 7) is 0. The highest BCUT2D eigenvalue weighted by Gasteiger charge is 1.59. The van der Waals surface area contributed by atoms with Crippen molar-refractivity contribution in [1.82, 2.24) is 0 Å². The van der Waals surface area contributed by atoms with Gasteiger partial charge in [0.15, 0.2) is 0 Å². The maximum absolute atomic E-state index is 2.00. The fourth-order valence-electron chi connectivity index (χ4n) is 1.54. The second-order valence-corrected chi connectivity index (χ2v) is 4.62. The Bertz CT molecular complexity index is 414. The zero-order valence-electron chi connectivity index (χ0n) is 13.9. The van der Waals surface area contributed by atoms with Crippen LogP contribution in [0, 0.1) is 0 Å². The molecule has 25 heavy (non-hydrogen) atoms. The van der Waals surface area contributed by atoms with Gasteiger partial charge < -0.3 is 0 Å². The Morgan fingerprint density at radius 1 is 0.120 bits per heavy atom. The highest BCUT2D eigenvalue weighted by Crippen LogP contribution is 1.81. The van der Waals surface area contributed by atoms with Crippen molar-refractivity contribution in [2.45, 2.75) is 7.43 Å². The van der Waals surface area contributed by atoms with Gasteiger partial charge in [0, 0.05) is 0 Å². The molecule has 0 fully saturated rings. The molecular weight excluding hydrogens is 300 g/mol. The van der Waals surface area contributed by atoms with Crippen LogP contribution in [0.25, 0.3) is 0 Å². The molecule has 128 valence electrons. The van der Waals surface area contributed by atoms with Crippen molar-refractivity contribution in [3.05, 3.63) is 146 Å². The van der Waals surface area contributed by atoms with Crippen LogP contribution in [0.2, 0.25) is 0 Å². The molecule has 4 aromatic carbocycles. The fraction of sp³-hybridized carbons (Fsp3) is 0.0400. The molecule has 0 aliphatic heterocycles. The van der Waals surface area contributed by atoms with Gasteiger partial charge >= 0.3 is 0 Å². The monoisotopic (exact) mass is 328 g/mol. The molecule has 0 saturated carbocycles. The minimum Gasteiger partial charge on any atom is -0.0776 e. The molecule has 0 atom stereocenters. The van der Waals surface area contributed by atoms with E-state index in [1.807, 2.05) is 146 Å². The van der Waals surface area contributed by atoms with E-state index in [0.29, 0.717) is 0 Å². The summed E-state index contributed by atoms with van der Waals surface area (Å²) in [6, 6.07) is 48.0. The molecule has 0 radical (unpaired) electrons. The lowest BCUT2D eigenvalue weighted by Crippen LogP contribution is -1.47. The molecule has 0 heterocycles. The number of hydrogen-bond acceptors (Lipinski definition) is 0. The van der Waals surface area contributed by atoms with Crippen LogP contribution in [0.5, 0.6) is 0 Å². The lowest BCUT2D eigenvalue weighted by Gasteiger charge is -1.69. The van der Waals surface area contributed by atoms with E-state index >= 15 is 0 Å². The zero-order chi connectivity index (χ0) is 17.0. The van der Waals surface area contributed by atoms with Gasteiger partial charge in [-0.1, -0.05) is 153 Å². The molecule has 0 aliphatic rings. The van der Waals surface area contributed by atoms with Crippen molar-refractivity contribution >= 4 is 0 Å². The average Bonchev–Trinajstić information content (AvgIpc) is 2.75. The molecule has 0 spiro atoms. The van der Waals surface area contributed by atoms with Gasteiger partial charge in [-0.05, 0) is 0 Å². The van der Waals surface area contributed by atoms with E-state index in [-0.39, 0.29) is 7.43 Å². The largest absolute Gasteiger partial charge is 0.0776 e. The maximum atomic E-state index is 2.00. The van der Waals surface area contributed by atoms with Crippen LogP contribution < -0.4 is 0 Å². The molecule has 0 unspecified atom stereocenters. The molecule has 0 aliphatic carbocycles. The second kappa shape index (κ2) is 18.9. The third-order valence-corrected chi connectivity index (χ3v) is 2.67. The molecule has 0 nitrogen and oxygen atoms in total. The van der Waals surface area contributed by atoms with Gasteiger partial charge in [-0.2, -0.15) is 0 Å². The van der Waals surface area contributed by atoms with E-state index in [0.717, 1.165) is 0 Å². The Hall–Kier alpha value is -3.12. The fourth-order valence-corrected chi connectivity index (χ4v) is 1.54. The molecule has 4 aromatic rings. The summed E-state index contributed by atoms with van der Waals surface area (Å²) in [5.41, 5.74) is 0. The Kier molecular flexibility index (Phi) is 16.6. The van der Waals surface area contributed by atoms with Gasteiger partial charge in [0.2, 0.25) is 0 Å². The summed E-state index contributed by atoms with van der Waals surface area (Å²) in [5.74, 6) is 0. The van der Waals surface area contributed by atoms with Crippen LogP contribution in [0.15, 0.2) is 146 Å². The number of benzene rings is 4. The Morgan fingerprint density at radius 2 is 0.160 bits per heavy atom. The summed E-state index contributed by atoms with van der Waals surface area (Å²) >= 11 is 0. The first-order chi connectivity index (χ1) is 12.0. The summed E-state index contributed by atoms with van der Waals surface area (Å²) < 4.78 is 0. The van der Waals surface area contributed by atoms with Gasteiger partial charge in [0.05, 0.1) is 0 Å². The number of rotatable bonds is 0. The minimum absolute atomic E-state index is 0. The van der Waals surface area contributed by atoms with Crippen molar-refractivity contribution in [3.63, 3.8) is 0 Å². The van der Waals surface area contributed by atoms with Crippen molar-refractivity contribution in [2.24, 2.45) is 0 Å². The summed E-state index contributed by atoms with van der Waals surface area (Å²) in [7, 11) is 0. The first-order valence-corrected chi connectivity index (χ1v) is 8.00. The van der Waals surface area contributed by atoms with Crippen LogP contribution in [-0.2, 0) is 0 Å². The average molecular weight is 328 g/mol. The van der Waals surface area contributed by atoms with E-state index in [1.165, 1.54) is 0 Å². The van der Waals surface area contributed by atoms with E-state index in [9.17, 15) is 0 Å². The smallest absolute Gasteiger partial charge is 0.0623 e. The predicted molar refractivity (Wildman–Crippen MR) is 112 cm³/mol. The summed E-state index contributed by atoms with van der Waals surface area (Å²) in [5, 5.41) is 0. The van der Waals surface area contributed by atoms with Crippen molar-refractivity contribution in [2.75, 3.05) is 0 Å². The van der Waals surface area contributed by atoms with E-state index in [1.54, 1.807) is 0 Å². The lowest BCUT2D eigenvalue weighted by atomic mass is 10.4. The van der Waals surface area contributed by atoms with Crippen molar-refractivity contribution in [3.8, 4) is 0 Å². The SMILES string of the molecule is C.c1ccccc1.c1ccccc1.c1ccccc1.c1ccccc1. The minimum atomic E-state index is 0. The third-order valence-electron chi connectivity index (χ3n) is 2.67. The summed E-state index contributed by atoms with van der Waals surface area (Å²) in [6.07, 6.45) is 0. The third kappa shape index (κ3) is 17.1. The first kappa shape index (κ1) is 21.9. The maximum Gasteiger partial charge on any atom is -0.0623 e. The normalized spacial score (nSPS) is 7.68. The molecule has 0 amide bonds. The van der Waals surface area contributed by atoms with Gasteiger partial charge in [0.1, 0.15) is 0 Å². The molecule has 0 saturated heterocycles. The van der Waals surface area contributed by atoms with Crippen LogP contribution in [0.3, 0.4) is 0 Å². The van der Waals surface area contributed by atoms with Crippen molar-refractivity contribution in [1.29, 1.82) is 0 Å². The number of hydrogen-bond donors (Lipinski definition) is 0. The Labute approximate surface area is 153 Å². The highest BCUT2D eigenvalue weighted by atomic mass is 13.7. The van der Waals surface area contributed by atoms with E-state index < -0.39 is 0 Å². The molecule has 4 rings (SSSR count). The van der Waals surface area contributed by atoms with Crippen LogP contribution >= 0.6 is 0 Å². The van der Waals surface area contributed by atoms with Gasteiger partial charge in [0.25, 0.3) is 0 Å². The standard InChI is InChI=1S/4C6H6.CH4/c4*1-2-4-6-5-3-1;/h4*1-6H;1H4. The van der Waals surface area contributed by atoms with Gasteiger partial charge in [-0.3, -0.25) is 0 Å². The van der Waals surface area contributed by atoms with Gasteiger partial charge in [-0.15, -0.1) is 0 Å². The zero-order valence-corrected chi connectivity index (χ0v) is 13.9. The predicted octanol–water partition coefficient (Wildman–Crippen LogP) is 7.38. The van der Waals surface area contributed by atoms with Crippen LogP contribution in [-0.4, -0.2) is 0 Å². The summed E-state index contributed by atoms with van der Waals surface area (Å²) in [4.78, 5) is 0. The topological polar surface area (TPSA) is 0 Å². The Morgan fingerprint density at radius 3 is 0.200 bits per heavy atom. The Balaban J connectivity index is 0.000000303. The van der Waals surface area contributed by atoms with Crippen LogP contribution in [0.1, 0.15) is 7.43 Å². The van der Waals surface area contributed by atoms with Gasteiger partial charge in [-0.25, -0.2) is 0 Å². The van der Waals surface area contributed by atoms with Crippen LogP contribution in [0.4, 0.5) is 0 Å². The molecular formula is C25H28. The molecule has 0 N–H and O–H groups in total. The lowest BCUT2D eigenvalue weighted by molar-refractivity contribution is 1.72. The first-order valence-electron chi connectivity index (χ1n) is 8.00.